The molecule has 4 rings (SSSR count). The van der Waals surface area contributed by atoms with Gasteiger partial charge in [0, 0.05) is 6.07 Å². The summed E-state index contributed by atoms with van der Waals surface area (Å²) in [4.78, 5) is 7.57. The van der Waals surface area contributed by atoms with Crippen molar-refractivity contribution in [1.82, 2.24) is 9.78 Å². The first-order valence-electron chi connectivity index (χ1n) is 9.46. The van der Waals surface area contributed by atoms with E-state index in [1.165, 1.54) is 10.7 Å². The number of H-pyrrole nitrogens is 1. The summed E-state index contributed by atoms with van der Waals surface area (Å²) in [6.45, 7) is 4.80. The van der Waals surface area contributed by atoms with Gasteiger partial charge < -0.3 is 14.1 Å². The molecule has 3 heterocycles. The molecule has 7 nitrogen and oxygen atoms in total. The lowest BCUT2D eigenvalue weighted by atomic mass is 10.1. The number of pyridine rings is 1. The first-order valence-corrected chi connectivity index (χ1v) is 9.87. The highest BCUT2D eigenvalue weighted by Crippen LogP contribution is 2.14. The van der Waals surface area contributed by atoms with E-state index in [0.29, 0.717) is 17.1 Å². The standard InChI is InChI=1S/C20H23N5O2S/c1-26-17-7-5-16(6-8-17)14-19-22-25(20(28)27-19)15-23-10-12-24(13-11-23)18-4-2-3-9-21-18/h2-9H,10-15H2,1H3/p+2. The Morgan fingerprint density at radius 2 is 1.96 bits per heavy atom. The summed E-state index contributed by atoms with van der Waals surface area (Å²) in [5.74, 6) is 2.65. The van der Waals surface area contributed by atoms with E-state index in [1.807, 2.05) is 41.2 Å². The molecular formula is C20H25N5O2S+2. The van der Waals surface area contributed by atoms with E-state index in [2.05, 4.69) is 27.1 Å². The van der Waals surface area contributed by atoms with Crippen LogP contribution in [0.2, 0.25) is 0 Å². The highest BCUT2D eigenvalue weighted by Gasteiger charge is 2.26. The van der Waals surface area contributed by atoms with Gasteiger partial charge in [0.05, 0.1) is 19.7 Å². The zero-order valence-corrected chi connectivity index (χ0v) is 16.7. The highest BCUT2D eigenvalue weighted by molar-refractivity contribution is 7.71. The first-order chi connectivity index (χ1) is 13.7. The Hall–Kier alpha value is -2.71. The SMILES string of the molecule is COc1ccc(Cc2nn(C[NH+]3CCN(c4cccc[nH+]4)CC3)c(=S)o2)cc1. The van der Waals surface area contributed by atoms with Gasteiger partial charge in [0.2, 0.25) is 5.89 Å². The van der Waals surface area contributed by atoms with Gasteiger partial charge >= 0.3 is 0 Å². The molecule has 0 amide bonds. The third kappa shape index (κ3) is 4.40. The average Bonchev–Trinajstić information content (AvgIpc) is 3.08. The molecule has 0 spiro atoms. The molecule has 28 heavy (non-hydrogen) atoms. The van der Waals surface area contributed by atoms with Crippen molar-refractivity contribution in [3.05, 3.63) is 65.0 Å². The molecule has 0 bridgehead atoms. The van der Waals surface area contributed by atoms with Crippen LogP contribution in [0.3, 0.4) is 0 Å². The molecule has 2 aromatic heterocycles. The van der Waals surface area contributed by atoms with Crippen LogP contribution >= 0.6 is 12.2 Å². The molecule has 0 aliphatic carbocycles. The molecule has 146 valence electrons. The maximum Gasteiger partial charge on any atom is 0.291 e. The smallest absolute Gasteiger partial charge is 0.291 e. The van der Waals surface area contributed by atoms with Crippen molar-refractivity contribution in [1.29, 1.82) is 0 Å². The lowest BCUT2D eigenvalue weighted by molar-refractivity contribution is -0.924. The van der Waals surface area contributed by atoms with E-state index < -0.39 is 0 Å². The number of aromatic amines is 1. The predicted molar refractivity (Wildman–Crippen MR) is 107 cm³/mol. The number of nitrogens with one attached hydrogen (secondary N) is 2. The van der Waals surface area contributed by atoms with Crippen LogP contribution in [0.1, 0.15) is 11.5 Å². The van der Waals surface area contributed by atoms with Crippen molar-refractivity contribution >= 4 is 18.0 Å². The Morgan fingerprint density at radius 1 is 1.18 bits per heavy atom. The number of hydrogen-bond acceptors (Lipinski definition) is 5. The fourth-order valence-corrected chi connectivity index (χ4v) is 3.65. The fraction of sp³-hybridized carbons (Fsp3) is 0.350. The molecule has 1 fully saturated rings. The summed E-state index contributed by atoms with van der Waals surface area (Å²) < 4.78 is 12.7. The van der Waals surface area contributed by atoms with Gasteiger partial charge in [-0.3, -0.25) is 4.90 Å². The lowest BCUT2D eigenvalue weighted by Gasteiger charge is -2.27. The molecule has 1 saturated heterocycles. The van der Waals surface area contributed by atoms with E-state index in [-0.39, 0.29) is 0 Å². The van der Waals surface area contributed by atoms with Crippen LogP contribution in [-0.2, 0) is 13.1 Å². The third-order valence-corrected chi connectivity index (χ3v) is 5.33. The maximum absolute atomic E-state index is 5.71. The molecule has 0 saturated carbocycles. The van der Waals surface area contributed by atoms with Crippen molar-refractivity contribution < 1.29 is 19.0 Å². The second-order valence-electron chi connectivity index (χ2n) is 6.93. The van der Waals surface area contributed by atoms with Crippen molar-refractivity contribution in [2.75, 3.05) is 38.2 Å². The number of methoxy groups -OCH3 is 1. The topological polar surface area (TPSA) is 62.0 Å². The van der Waals surface area contributed by atoms with Gasteiger partial charge in [0.15, 0.2) is 6.67 Å². The number of nitrogens with zero attached hydrogens (tertiary/aromatic N) is 3. The summed E-state index contributed by atoms with van der Waals surface area (Å²) in [5.41, 5.74) is 1.12. The molecular weight excluding hydrogens is 374 g/mol. The van der Waals surface area contributed by atoms with E-state index in [9.17, 15) is 0 Å². The summed E-state index contributed by atoms with van der Waals surface area (Å²) >= 11 is 5.38. The van der Waals surface area contributed by atoms with Crippen molar-refractivity contribution in [3.63, 3.8) is 0 Å². The molecule has 1 aromatic carbocycles. The zero-order chi connectivity index (χ0) is 19.3. The van der Waals surface area contributed by atoms with E-state index in [1.54, 1.807) is 7.11 Å². The van der Waals surface area contributed by atoms with Crippen LogP contribution in [-0.4, -0.2) is 43.1 Å². The van der Waals surface area contributed by atoms with Crippen LogP contribution in [0.5, 0.6) is 5.75 Å². The number of benzene rings is 1. The highest BCUT2D eigenvalue weighted by atomic mass is 32.1. The Labute approximate surface area is 169 Å². The van der Waals surface area contributed by atoms with E-state index in [0.717, 1.165) is 44.2 Å². The van der Waals surface area contributed by atoms with Crippen LogP contribution in [0, 0.1) is 4.84 Å². The van der Waals surface area contributed by atoms with E-state index in [4.69, 9.17) is 21.4 Å². The number of piperazine rings is 1. The summed E-state index contributed by atoms with van der Waals surface area (Å²) in [7, 11) is 1.66. The zero-order valence-electron chi connectivity index (χ0n) is 15.9. The molecule has 2 N–H and O–H groups in total. The van der Waals surface area contributed by atoms with Crippen molar-refractivity contribution in [3.8, 4) is 5.75 Å². The second kappa shape index (κ2) is 8.53. The van der Waals surface area contributed by atoms with Crippen LogP contribution < -0.4 is 19.5 Å². The van der Waals surface area contributed by atoms with Gasteiger partial charge in [-0.15, -0.1) is 5.10 Å². The fourth-order valence-electron chi connectivity index (χ4n) is 3.45. The Bertz CT molecular complexity index is 947. The summed E-state index contributed by atoms with van der Waals surface area (Å²) in [5, 5.41) is 4.59. The van der Waals surface area contributed by atoms with Crippen LogP contribution in [0.25, 0.3) is 0 Å². The number of hydrogen-bond donors (Lipinski definition) is 1. The van der Waals surface area contributed by atoms with Gasteiger partial charge in [-0.2, -0.15) is 4.68 Å². The van der Waals surface area contributed by atoms with Gasteiger partial charge in [0.25, 0.3) is 10.7 Å². The summed E-state index contributed by atoms with van der Waals surface area (Å²) in [6.07, 6.45) is 2.58. The minimum Gasteiger partial charge on any atom is -0.497 e. The lowest BCUT2D eigenvalue weighted by Crippen LogP contribution is -3.14. The normalized spacial score (nSPS) is 15.0. The largest absolute Gasteiger partial charge is 0.497 e. The predicted octanol–water partition coefficient (Wildman–Crippen LogP) is 0.982. The second-order valence-corrected chi connectivity index (χ2v) is 7.28. The Morgan fingerprint density at radius 3 is 2.64 bits per heavy atom. The quantitative estimate of drug-likeness (QED) is 0.626. The monoisotopic (exact) mass is 399 g/mol. The van der Waals surface area contributed by atoms with E-state index >= 15 is 0 Å². The Kier molecular flexibility index (Phi) is 5.68. The van der Waals surface area contributed by atoms with Crippen molar-refractivity contribution in [2.24, 2.45) is 0 Å². The maximum atomic E-state index is 5.71. The number of rotatable bonds is 6. The van der Waals surface area contributed by atoms with Gasteiger partial charge in [-0.05, 0) is 36.0 Å². The molecule has 0 unspecified atom stereocenters. The molecule has 1 aliphatic rings. The third-order valence-electron chi connectivity index (χ3n) is 5.04. The molecule has 1 aliphatic heterocycles. The van der Waals surface area contributed by atoms with Crippen LogP contribution in [0.4, 0.5) is 5.82 Å². The number of anilines is 1. The number of aromatic nitrogens is 3. The molecule has 3 aromatic rings. The molecule has 0 atom stereocenters. The van der Waals surface area contributed by atoms with Gasteiger partial charge in [-0.25, -0.2) is 4.98 Å². The number of ether oxygens (including phenoxy) is 1. The van der Waals surface area contributed by atoms with Crippen molar-refractivity contribution in [2.45, 2.75) is 13.1 Å². The first kappa shape index (κ1) is 18.6. The molecule has 0 radical (unpaired) electrons. The van der Waals surface area contributed by atoms with Gasteiger partial charge in [0.1, 0.15) is 31.9 Å². The molecule has 8 heteroatoms. The average molecular weight is 400 g/mol. The minimum absolute atomic E-state index is 0.440. The Balaban J connectivity index is 1.35. The van der Waals surface area contributed by atoms with Crippen LogP contribution in [0.15, 0.2) is 53.1 Å². The van der Waals surface area contributed by atoms with Gasteiger partial charge in [-0.1, -0.05) is 18.2 Å². The summed E-state index contributed by atoms with van der Waals surface area (Å²) in [6, 6.07) is 14.1. The number of quaternary nitrogens is 1. The minimum atomic E-state index is 0.440.